The van der Waals surface area contributed by atoms with E-state index in [1.54, 1.807) is 0 Å². The predicted molar refractivity (Wildman–Crippen MR) is 129 cm³/mol. The van der Waals surface area contributed by atoms with Gasteiger partial charge in [-0.05, 0) is 24.3 Å². The van der Waals surface area contributed by atoms with Gasteiger partial charge < -0.3 is 24.5 Å². The number of nitrogens with zero attached hydrogens (tertiary/aromatic N) is 3. The molecule has 0 atom stereocenters. The van der Waals surface area contributed by atoms with Crippen molar-refractivity contribution in [3.05, 3.63) is 82.7 Å². The Morgan fingerprint density at radius 1 is 1.13 bits per heavy atom. The van der Waals surface area contributed by atoms with Crippen molar-refractivity contribution in [2.24, 2.45) is 7.05 Å². The molecular weight excluding hydrogens is 530 g/mol. The molecule has 202 valence electrons. The summed E-state index contributed by atoms with van der Waals surface area (Å²) in [5.41, 5.74) is 3.16. The summed E-state index contributed by atoms with van der Waals surface area (Å²) in [6.45, 7) is 0.00637. The van der Waals surface area contributed by atoms with E-state index in [-0.39, 0.29) is 40.1 Å². The van der Waals surface area contributed by atoms with Crippen molar-refractivity contribution in [1.29, 1.82) is 0 Å². The third-order valence-corrected chi connectivity index (χ3v) is 6.40. The number of benzene rings is 2. The molecule has 0 radical (unpaired) electrons. The van der Waals surface area contributed by atoms with Crippen molar-refractivity contribution in [2.45, 2.75) is 12.8 Å². The summed E-state index contributed by atoms with van der Waals surface area (Å²) in [5, 5.41) is 10.8. The van der Waals surface area contributed by atoms with Crippen molar-refractivity contribution in [3.8, 4) is 16.9 Å². The summed E-state index contributed by atoms with van der Waals surface area (Å²) >= 11 is 0. The number of pyridine rings is 1. The maximum absolute atomic E-state index is 14.4. The number of carbonyl (C=O) groups is 1. The molecule has 0 saturated carbocycles. The maximum Gasteiger partial charge on any atom is 0.417 e. The molecule has 5 rings (SSSR count). The molecule has 39 heavy (non-hydrogen) atoms. The molecule has 2 aromatic carbocycles. The standard InChI is InChI=1S/C26H18F6N4O3/c1-35-16-8-13(26(30,31)32)20(22(33)23(16)34-19(35)10-39-2)12-4-3-5-36-17(9-18(37)24(12)36)25(38)11-6-14(27)21(29)15(28)7-11/h3-9,37H,10,33H2,1-2H3. The molecule has 13 heteroatoms. The Kier molecular flexibility index (Phi) is 6.06. The van der Waals surface area contributed by atoms with Crippen LogP contribution in [0.25, 0.3) is 27.7 Å². The first-order valence-electron chi connectivity index (χ1n) is 11.2. The van der Waals surface area contributed by atoms with Crippen LogP contribution in [0, 0.1) is 17.5 Å². The number of imidazole rings is 1. The normalized spacial score (nSPS) is 12.1. The van der Waals surface area contributed by atoms with Gasteiger partial charge in [-0.2, -0.15) is 13.2 Å². The second-order valence-electron chi connectivity index (χ2n) is 8.74. The molecule has 3 heterocycles. The molecule has 0 amide bonds. The third-order valence-electron chi connectivity index (χ3n) is 6.40. The summed E-state index contributed by atoms with van der Waals surface area (Å²) in [5.74, 6) is -6.30. The Balaban J connectivity index is 1.79. The average molecular weight is 548 g/mol. The minimum Gasteiger partial charge on any atom is -0.506 e. The zero-order valence-electron chi connectivity index (χ0n) is 20.2. The number of ether oxygens (including phenoxy) is 1. The second-order valence-corrected chi connectivity index (χ2v) is 8.74. The van der Waals surface area contributed by atoms with Crippen LogP contribution in [0.4, 0.5) is 32.0 Å². The SMILES string of the molecule is COCc1nc2c(N)c(-c3cccn4c(C(=O)c5cc(F)c(F)c(F)c5)cc(O)c34)c(C(F)(F)F)cc2n1C. The summed E-state index contributed by atoms with van der Waals surface area (Å²) in [6.07, 6.45) is -3.62. The molecule has 5 aromatic rings. The minimum atomic E-state index is -4.89. The number of aryl methyl sites for hydroxylation is 1. The zero-order valence-corrected chi connectivity index (χ0v) is 20.2. The van der Waals surface area contributed by atoms with Crippen LogP contribution in [0.5, 0.6) is 5.75 Å². The first-order chi connectivity index (χ1) is 18.3. The summed E-state index contributed by atoms with van der Waals surface area (Å²) < 4.78 is 91.6. The number of halogens is 6. The summed E-state index contributed by atoms with van der Waals surface area (Å²) in [6, 6.07) is 5.35. The number of anilines is 1. The lowest BCUT2D eigenvalue weighted by atomic mass is 9.95. The number of carbonyl (C=O) groups excluding carboxylic acids is 1. The van der Waals surface area contributed by atoms with Gasteiger partial charge in [0.05, 0.1) is 28.0 Å². The maximum atomic E-state index is 14.4. The molecule has 0 fully saturated rings. The van der Waals surface area contributed by atoms with Crippen molar-refractivity contribution in [1.82, 2.24) is 14.0 Å². The molecule has 3 N–H and O–H groups in total. The molecule has 3 aromatic heterocycles. The van der Waals surface area contributed by atoms with Gasteiger partial charge >= 0.3 is 6.18 Å². The number of hydrogen-bond donors (Lipinski definition) is 2. The number of aromatic nitrogens is 3. The van der Waals surface area contributed by atoms with Gasteiger partial charge in [-0.3, -0.25) is 4.79 Å². The fourth-order valence-electron chi connectivity index (χ4n) is 4.62. The van der Waals surface area contributed by atoms with Gasteiger partial charge in [0, 0.05) is 43.1 Å². The summed E-state index contributed by atoms with van der Waals surface area (Å²) in [4.78, 5) is 17.4. The van der Waals surface area contributed by atoms with Gasteiger partial charge in [-0.25, -0.2) is 18.2 Å². The molecule has 0 aliphatic carbocycles. The number of alkyl halides is 3. The van der Waals surface area contributed by atoms with E-state index in [9.17, 15) is 36.2 Å². The molecule has 0 aliphatic rings. The number of hydrogen-bond acceptors (Lipinski definition) is 5. The Labute approximate surface area is 215 Å². The fourth-order valence-corrected chi connectivity index (χ4v) is 4.62. The van der Waals surface area contributed by atoms with Gasteiger partial charge in [0.25, 0.3) is 0 Å². The first kappa shape index (κ1) is 26.1. The van der Waals surface area contributed by atoms with Crippen LogP contribution in [0.2, 0.25) is 0 Å². The van der Waals surface area contributed by atoms with Crippen molar-refractivity contribution >= 4 is 28.0 Å². The smallest absolute Gasteiger partial charge is 0.417 e. The number of rotatable bonds is 5. The van der Waals surface area contributed by atoms with E-state index in [0.717, 1.165) is 16.5 Å². The first-order valence-corrected chi connectivity index (χ1v) is 11.2. The lowest BCUT2D eigenvalue weighted by Crippen LogP contribution is -2.11. The number of methoxy groups -OCH3 is 1. The number of ketones is 1. The van der Waals surface area contributed by atoms with E-state index in [0.29, 0.717) is 18.0 Å². The highest BCUT2D eigenvalue weighted by Crippen LogP contribution is 2.46. The summed E-state index contributed by atoms with van der Waals surface area (Å²) in [7, 11) is 2.92. The Hall–Kier alpha value is -4.52. The molecule has 0 spiro atoms. The molecule has 0 saturated heterocycles. The fraction of sp³-hybridized carbons (Fsp3) is 0.154. The number of nitrogen functional groups attached to an aromatic ring is 1. The number of fused-ring (bicyclic) bond motifs is 2. The van der Waals surface area contributed by atoms with Gasteiger partial charge in [0.2, 0.25) is 5.78 Å². The number of nitrogens with two attached hydrogens (primary N) is 1. The van der Waals surface area contributed by atoms with Crippen LogP contribution >= 0.6 is 0 Å². The monoisotopic (exact) mass is 548 g/mol. The second kappa shape index (κ2) is 9.05. The van der Waals surface area contributed by atoms with Crippen LogP contribution in [-0.2, 0) is 24.6 Å². The van der Waals surface area contributed by atoms with Gasteiger partial charge in [0.15, 0.2) is 17.5 Å². The van der Waals surface area contributed by atoms with Crippen LogP contribution in [0.1, 0.15) is 27.4 Å². The van der Waals surface area contributed by atoms with E-state index in [4.69, 9.17) is 10.5 Å². The third kappa shape index (κ3) is 4.05. The minimum absolute atomic E-state index is 0.00637. The van der Waals surface area contributed by atoms with E-state index in [1.165, 1.54) is 37.1 Å². The van der Waals surface area contributed by atoms with Crippen molar-refractivity contribution in [3.63, 3.8) is 0 Å². The molecule has 7 nitrogen and oxygen atoms in total. The topological polar surface area (TPSA) is 94.8 Å². The highest BCUT2D eigenvalue weighted by atomic mass is 19.4. The van der Waals surface area contributed by atoms with E-state index >= 15 is 0 Å². The van der Waals surface area contributed by atoms with Crippen LogP contribution in [0.15, 0.2) is 42.6 Å². The highest BCUT2D eigenvalue weighted by molar-refractivity contribution is 6.10. The van der Waals surface area contributed by atoms with Crippen LogP contribution in [-0.4, -0.2) is 32.0 Å². The lowest BCUT2D eigenvalue weighted by molar-refractivity contribution is -0.137. The van der Waals surface area contributed by atoms with Gasteiger partial charge in [-0.1, -0.05) is 6.07 Å². The number of aromatic hydroxyl groups is 1. The van der Waals surface area contributed by atoms with E-state index in [1.807, 2.05) is 0 Å². The largest absolute Gasteiger partial charge is 0.506 e. The van der Waals surface area contributed by atoms with Crippen LogP contribution < -0.4 is 5.73 Å². The van der Waals surface area contributed by atoms with Crippen LogP contribution in [0.3, 0.4) is 0 Å². The lowest BCUT2D eigenvalue weighted by Gasteiger charge is -2.17. The van der Waals surface area contributed by atoms with E-state index < -0.39 is 51.9 Å². The van der Waals surface area contributed by atoms with E-state index in [2.05, 4.69) is 4.98 Å². The predicted octanol–water partition coefficient (Wildman–Crippen LogP) is 5.59. The Bertz CT molecular complexity index is 1780. The zero-order chi connectivity index (χ0) is 28.4. The molecule has 0 unspecified atom stereocenters. The Morgan fingerprint density at radius 2 is 1.79 bits per heavy atom. The van der Waals surface area contributed by atoms with Gasteiger partial charge in [0.1, 0.15) is 23.7 Å². The van der Waals surface area contributed by atoms with Gasteiger partial charge in [-0.15, -0.1) is 0 Å². The van der Waals surface area contributed by atoms with Crippen molar-refractivity contribution < 1.29 is 41.0 Å². The molecule has 0 bridgehead atoms. The molecule has 0 aliphatic heterocycles. The van der Waals surface area contributed by atoms with Crippen molar-refractivity contribution in [2.75, 3.05) is 12.8 Å². The molecular formula is C26H18F6N4O3. The Morgan fingerprint density at radius 3 is 2.41 bits per heavy atom. The average Bonchev–Trinajstić information content (AvgIpc) is 3.38. The highest BCUT2D eigenvalue weighted by Gasteiger charge is 2.37. The quantitative estimate of drug-likeness (QED) is 0.129.